The van der Waals surface area contributed by atoms with E-state index in [4.69, 9.17) is 16.3 Å². The van der Waals surface area contributed by atoms with Crippen LogP contribution in [0.5, 0.6) is 5.75 Å². The summed E-state index contributed by atoms with van der Waals surface area (Å²) in [5.41, 5.74) is -0.0530. The Morgan fingerprint density at radius 3 is 2.72 bits per heavy atom. The van der Waals surface area contributed by atoms with Crippen molar-refractivity contribution in [3.05, 3.63) is 56.5 Å². The Balaban J connectivity index is 2.05. The van der Waals surface area contributed by atoms with Crippen LogP contribution in [0.15, 0.2) is 28.7 Å². The van der Waals surface area contributed by atoms with E-state index in [9.17, 15) is 13.6 Å². The number of ether oxygens (including phenoxy) is 1. The topological polar surface area (TPSA) is 38.3 Å². The molecule has 0 atom stereocenters. The first-order valence-electron chi connectivity index (χ1n) is 7.65. The number of benzene rings is 2. The maximum Gasteiger partial charge on any atom is 0.259 e. The van der Waals surface area contributed by atoms with Crippen LogP contribution in [0.2, 0.25) is 5.02 Å². The molecule has 1 aliphatic heterocycles. The van der Waals surface area contributed by atoms with Gasteiger partial charge in [-0.1, -0.05) is 17.7 Å². The predicted molar refractivity (Wildman–Crippen MR) is 96.5 cm³/mol. The van der Waals surface area contributed by atoms with Gasteiger partial charge in [0.25, 0.3) is 5.91 Å². The molecule has 1 N–H and O–H groups in total. The van der Waals surface area contributed by atoms with Crippen molar-refractivity contribution in [2.24, 2.45) is 0 Å². The molecular formula is C18H15BrClF2NO2. The van der Waals surface area contributed by atoms with Gasteiger partial charge in [0.05, 0.1) is 20.7 Å². The number of anilines is 1. The summed E-state index contributed by atoms with van der Waals surface area (Å²) >= 11 is 9.15. The molecule has 0 saturated carbocycles. The lowest BCUT2D eigenvalue weighted by molar-refractivity contribution is 0.0805. The van der Waals surface area contributed by atoms with Crippen molar-refractivity contribution in [3.8, 4) is 5.75 Å². The highest BCUT2D eigenvalue weighted by molar-refractivity contribution is 9.10. The molecule has 3 rings (SSSR count). The van der Waals surface area contributed by atoms with Crippen LogP contribution in [0.4, 0.5) is 14.5 Å². The number of para-hydroxylation sites is 1. The number of carbonyl (C=O) groups excluding carboxylic acids is 1. The number of rotatable bonds is 2. The number of fused-ring (bicyclic) bond motifs is 1. The number of amides is 1. The monoisotopic (exact) mass is 429 g/mol. The van der Waals surface area contributed by atoms with Gasteiger partial charge in [0.1, 0.15) is 23.0 Å². The third-order valence-corrected chi connectivity index (χ3v) is 5.24. The van der Waals surface area contributed by atoms with Crippen LogP contribution in [0.25, 0.3) is 0 Å². The summed E-state index contributed by atoms with van der Waals surface area (Å²) in [6.07, 6.45) is 1.24. The molecule has 25 heavy (non-hydrogen) atoms. The summed E-state index contributed by atoms with van der Waals surface area (Å²) in [7, 11) is 0. The first-order valence-corrected chi connectivity index (χ1v) is 8.82. The van der Waals surface area contributed by atoms with E-state index in [1.807, 2.05) is 13.8 Å². The van der Waals surface area contributed by atoms with Gasteiger partial charge in [-0.15, -0.1) is 0 Å². The van der Waals surface area contributed by atoms with Crippen LogP contribution in [0.1, 0.15) is 36.2 Å². The zero-order chi connectivity index (χ0) is 18.4. The SMILES string of the molecule is CC1(C)CCc2c(Br)c(F)cc(C(=O)Nc3c(F)cccc3Cl)c2O1. The minimum Gasteiger partial charge on any atom is -0.487 e. The van der Waals surface area contributed by atoms with Gasteiger partial charge in [-0.2, -0.15) is 0 Å². The van der Waals surface area contributed by atoms with Crippen molar-refractivity contribution >= 4 is 39.1 Å². The van der Waals surface area contributed by atoms with Gasteiger partial charge in [0.2, 0.25) is 0 Å². The van der Waals surface area contributed by atoms with Gasteiger partial charge in [0, 0.05) is 5.56 Å². The Morgan fingerprint density at radius 2 is 2.04 bits per heavy atom. The summed E-state index contributed by atoms with van der Waals surface area (Å²) in [5, 5.41) is 2.47. The van der Waals surface area contributed by atoms with E-state index < -0.39 is 23.1 Å². The van der Waals surface area contributed by atoms with E-state index in [1.165, 1.54) is 18.2 Å². The van der Waals surface area contributed by atoms with Crippen LogP contribution in [-0.2, 0) is 6.42 Å². The number of carbonyl (C=O) groups is 1. The van der Waals surface area contributed by atoms with E-state index in [0.29, 0.717) is 24.2 Å². The third kappa shape index (κ3) is 3.51. The summed E-state index contributed by atoms with van der Waals surface area (Å²) in [4.78, 5) is 12.7. The molecule has 132 valence electrons. The van der Waals surface area contributed by atoms with Crippen molar-refractivity contribution in [2.45, 2.75) is 32.3 Å². The zero-order valence-electron chi connectivity index (χ0n) is 13.6. The predicted octanol–water partition coefficient (Wildman–Crippen LogP) is 5.74. The van der Waals surface area contributed by atoms with Gasteiger partial charge >= 0.3 is 0 Å². The maximum atomic E-state index is 14.2. The van der Waals surface area contributed by atoms with Crippen LogP contribution < -0.4 is 10.1 Å². The minimum atomic E-state index is -0.688. The lowest BCUT2D eigenvalue weighted by Crippen LogP contribution is -2.34. The normalized spacial score (nSPS) is 15.3. The molecule has 0 unspecified atom stereocenters. The fourth-order valence-corrected chi connectivity index (χ4v) is 3.43. The van der Waals surface area contributed by atoms with Gasteiger partial charge in [-0.05, 0) is 60.8 Å². The van der Waals surface area contributed by atoms with Gasteiger partial charge in [-0.3, -0.25) is 4.79 Å². The molecule has 0 saturated heterocycles. The second-order valence-corrected chi connectivity index (χ2v) is 7.64. The fourth-order valence-electron chi connectivity index (χ4n) is 2.72. The van der Waals surface area contributed by atoms with E-state index >= 15 is 0 Å². The Morgan fingerprint density at radius 1 is 1.32 bits per heavy atom. The molecule has 0 spiro atoms. The summed E-state index contributed by atoms with van der Waals surface area (Å²) < 4.78 is 34.4. The average molecular weight is 431 g/mol. The van der Waals surface area contributed by atoms with Gasteiger partial charge < -0.3 is 10.1 Å². The Kier molecular flexibility index (Phi) is 4.77. The quantitative estimate of drug-likeness (QED) is 0.660. The van der Waals surface area contributed by atoms with Crippen LogP contribution >= 0.6 is 27.5 Å². The molecule has 2 aromatic rings. The van der Waals surface area contributed by atoms with Crippen molar-refractivity contribution in [1.29, 1.82) is 0 Å². The highest BCUT2D eigenvalue weighted by Gasteiger charge is 2.33. The van der Waals surface area contributed by atoms with Crippen molar-refractivity contribution in [2.75, 3.05) is 5.32 Å². The Bertz CT molecular complexity index is 850. The molecule has 0 aromatic heterocycles. The number of hydrogen-bond donors (Lipinski definition) is 1. The molecule has 0 fully saturated rings. The molecule has 1 aliphatic rings. The lowest BCUT2D eigenvalue weighted by atomic mass is 9.92. The first kappa shape index (κ1) is 18.1. The highest BCUT2D eigenvalue weighted by atomic mass is 79.9. The first-order chi connectivity index (χ1) is 11.7. The second kappa shape index (κ2) is 6.57. The second-order valence-electron chi connectivity index (χ2n) is 6.44. The summed E-state index contributed by atoms with van der Waals surface area (Å²) in [5.74, 6) is -1.64. The third-order valence-electron chi connectivity index (χ3n) is 4.07. The van der Waals surface area contributed by atoms with Crippen LogP contribution in [0.3, 0.4) is 0 Å². The van der Waals surface area contributed by atoms with Crippen molar-refractivity contribution in [3.63, 3.8) is 0 Å². The highest BCUT2D eigenvalue weighted by Crippen LogP contribution is 2.41. The molecule has 0 bridgehead atoms. The van der Waals surface area contributed by atoms with Gasteiger partial charge in [0.15, 0.2) is 0 Å². The smallest absolute Gasteiger partial charge is 0.259 e. The number of nitrogens with one attached hydrogen (secondary N) is 1. The van der Waals surface area contributed by atoms with E-state index in [-0.39, 0.29) is 20.7 Å². The van der Waals surface area contributed by atoms with E-state index in [0.717, 1.165) is 6.07 Å². The molecule has 7 heteroatoms. The molecule has 3 nitrogen and oxygen atoms in total. The standard InChI is InChI=1S/C18H15BrClF2NO2/c1-18(2)7-6-9-14(19)13(22)8-10(16(9)25-18)17(24)23-15-11(20)4-3-5-12(15)21/h3-5,8H,6-7H2,1-2H3,(H,23,24). The van der Waals surface area contributed by atoms with Gasteiger partial charge in [-0.25, -0.2) is 8.78 Å². The number of halogens is 4. The Hall–Kier alpha value is -1.66. The molecule has 1 heterocycles. The molecular weight excluding hydrogens is 416 g/mol. The summed E-state index contributed by atoms with van der Waals surface area (Å²) in [6.45, 7) is 3.78. The van der Waals surface area contributed by atoms with Crippen molar-refractivity contribution in [1.82, 2.24) is 0 Å². The largest absolute Gasteiger partial charge is 0.487 e. The molecule has 2 aromatic carbocycles. The lowest BCUT2D eigenvalue weighted by Gasteiger charge is -2.34. The fraction of sp³-hybridized carbons (Fsp3) is 0.278. The average Bonchev–Trinajstić information content (AvgIpc) is 2.53. The Labute approximate surface area is 157 Å². The minimum absolute atomic E-state index is 0.00259. The number of hydrogen-bond acceptors (Lipinski definition) is 2. The van der Waals surface area contributed by atoms with Crippen molar-refractivity contribution < 1.29 is 18.3 Å². The molecule has 0 radical (unpaired) electrons. The van der Waals surface area contributed by atoms with E-state index in [2.05, 4.69) is 21.2 Å². The van der Waals surface area contributed by atoms with Crippen LogP contribution in [-0.4, -0.2) is 11.5 Å². The summed E-state index contributed by atoms with van der Waals surface area (Å²) in [6, 6.07) is 5.14. The zero-order valence-corrected chi connectivity index (χ0v) is 15.9. The van der Waals surface area contributed by atoms with E-state index in [1.54, 1.807) is 0 Å². The maximum absolute atomic E-state index is 14.2. The molecule has 0 aliphatic carbocycles. The van der Waals surface area contributed by atoms with Crippen LogP contribution in [0, 0.1) is 11.6 Å². The molecule has 1 amide bonds.